The molecule has 0 saturated carbocycles. The van der Waals surface area contributed by atoms with E-state index in [0.717, 1.165) is 24.2 Å². The molecule has 4 rings (SSSR count). The Morgan fingerprint density at radius 2 is 1.75 bits per heavy atom. The lowest BCUT2D eigenvalue weighted by Crippen LogP contribution is -2.31. The number of halogens is 1. The van der Waals surface area contributed by atoms with Crippen LogP contribution in [0.1, 0.15) is 35.2 Å². The Bertz CT molecular complexity index is 1240. The molecule has 2 amide bonds. The topological polar surface area (TPSA) is 87.3 Å². The molecule has 32 heavy (non-hydrogen) atoms. The predicted molar refractivity (Wildman–Crippen MR) is 121 cm³/mol. The molecule has 0 spiro atoms. The van der Waals surface area contributed by atoms with E-state index in [2.05, 4.69) is 16.0 Å². The zero-order chi connectivity index (χ0) is 22.7. The van der Waals surface area contributed by atoms with Crippen LogP contribution in [0.3, 0.4) is 0 Å². The number of fused-ring (bicyclic) bond motifs is 1. The summed E-state index contributed by atoms with van der Waals surface area (Å²) in [5, 5.41) is 8.56. The van der Waals surface area contributed by atoms with Crippen LogP contribution in [-0.2, 0) is 28.7 Å². The minimum atomic E-state index is -3.53. The van der Waals surface area contributed by atoms with E-state index >= 15 is 0 Å². The third-order valence-electron chi connectivity index (χ3n) is 5.45. The summed E-state index contributed by atoms with van der Waals surface area (Å²) in [4.78, 5) is 12.4. The first-order chi connectivity index (χ1) is 15.3. The number of sulfone groups is 1. The highest BCUT2D eigenvalue weighted by atomic mass is 32.2. The molecule has 1 aliphatic heterocycles. The molecule has 0 saturated heterocycles. The summed E-state index contributed by atoms with van der Waals surface area (Å²) in [6.07, 6.45) is 0. The fraction of sp³-hybridized carbons (Fsp3) is 0.208. The van der Waals surface area contributed by atoms with E-state index in [9.17, 15) is 17.6 Å². The number of benzene rings is 3. The van der Waals surface area contributed by atoms with Gasteiger partial charge in [0.1, 0.15) is 5.82 Å². The summed E-state index contributed by atoms with van der Waals surface area (Å²) in [6, 6.07) is 17.0. The van der Waals surface area contributed by atoms with E-state index < -0.39 is 27.7 Å². The number of nitrogens with one attached hydrogen (secondary N) is 3. The van der Waals surface area contributed by atoms with Gasteiger partial charge < -0.3 is 16.0 Å². The molecule has 3 aromatic rings. The molecule has 166 valence electrons. The Labute approximate surface area is 186 Å². The fourth-order valence-corrected chi connectivity index (χ4v) is 5.09. The van der Waals surface area contributed by atoms with Crippen molar-refractivity contribution in [1.82, 2.24) is 10.6 Å². The fourth-order valence-electron chi connectivity index (χ4n) is 3.75. The Morgan fingerprint density at radius 3 is 2.50 bits per heavy atom. The summed E-state index contributed by atoms with van der Waals surface area (Å²) in [5.41, 5.74) is 3.89. The summed E-state index contributed by atoms with van der Waals surface area (Å²) >= 11 is 0. The Hall–Kier alpha value is -3.23. The zero-order valence-electron chi connectivity index (χ0n) is 17.6. The van der Waals surface area contributed by atoms with E-state index in [4.69, 9.17) is 0 Å². The Kier molecular flexibility index (Phi) is 6.25. The molecule has 6 nitrogen and oxygen atoms in total. The van der Waals surface area contributed by atoms with Gasteiger partial charge in [-0.05, 0) is 53.9 Å². The van der Waals surface area contributed by atoms with Crippen molar-refractivity contribution in [1.29, 1.82) is 0 Å². The van der Waals surface area contributed by atoms with Crippen molar-refractivity contribution in [3.8, 4) is 0 Å². The normalized spacial score (nSPS) is 13.9. The lowest BCUT2D eigenvalue weighted by molar-refractivity contribution is 0.249. The number of carbonyl (C=O) groups is 1. The van der Waals surface area contributed by atoms with Gasteiger partial charge in [0, 0.05) is 24.3 Å². The molecule has 0 aromatic heterocycles. The third-order valence-corrected chi connectivity index (χ3v) is 7.15. The minimum absolute atomic E-state index is 0.0896. The molecule has 1 aliphatic rings. The molecule has 0 fully saturated rings. The first-order valence-corrected chi connectivity index (χ1v) is 11.9. The van der Waals surface area contributed by atoms with Crippen LogP contribution >= 0.6 is 0 Å². The SMILES string of the molecule is CC(NC(=O)Nc1ccc(S(=O)(=O)Cc2ccc3c(c2)CNC3)cc1)c1ccccc1F. The van der Waals surface area contributed by atoms with Gasteiger partial charge in [-0.1, -0.05) is 36.4 Å². The maximum atomic E-state index is 13.9. The van der Waals surface area contributed by atoms with Crippen LogP contribution in [0.25, 0.3) is 0 Å². The summed E-state index contributed by atoms with van der Waals surface area (Å²) in [6.45, 7) is 3.24. The minimum Gasteiger partial charge on any atom is -0.331 e. The van der Waals surface area contributed by atoms with Gasteiger partial charge in [0.15, 0.2) is 9.84 Å². The van der Waals surface area contributed by atoms with E-state index in [1.165, 1.54) is 35.9 Å². The number of carbonyl (C=O) groups excluding carboxylic acids is 1. The lowest BCUT2D eigenvalue weighted by atomic mass is 10.1. The molecule has 0 aliphatic carbocycles. The van der Waals surface area contributed by atoms with Gasteiger partial charge in [-0.15, -0.1) is 0 Å². The van der Waals surface area contributed by atoms with Crippen molar-refractivity contribution < 1.29 is 17.6 Å². The lowest BCUT2D eigenvalue weighted by Gasteiger charge is -2.16. The maximum Gasteiger partial charge on any atom is 0.319 e. The first kappa shape index (κ1) is 22.0. The van der Waals surface area contributed by atoms with Crippen molar-refractivity contribution in [3.05, 3.63) is 94.8 Å². The number of anilines is 1. The van der Waals surface area contributed by atoms with Crippen LogP contribution in [0, 0.1) is 5.82 Å². The number of rotatable bonds is 6. The van der Waals surface area contributed by atoms with Crippen LogP contribution in [-0.4, -0.2) is 14.4 Å². The second kappa shape index (κ2) is 9.10. The van der Waals surface area contributed by atoms with Gasteiger partial charge in [0.25, 0.3) is 0 Å². The van der Waals surface area contributed by atoms with Crippen LogP contribution in [0.4, 0.5) is 14.9 Å². The second-order valence-electron chi connectivity index (χ2n) is 7.83. The molecule has 1 heterocycles. The predicted octanol–water partition coefficient (Wildman–Crippen LogP) is 4.29. The van der Waals surface area contributed by atoms with Gasteiger partial charge >= 0.3 is 6.03 Å². The van der Waals surface area contributed by atoms with E-state index in [1.54, 1.807) is 25.1 Å². The van der Waals surface area contributed by atoms with Crippen LogP contribution in [0.15, 0.2) is 71.6 Å². The number of hydrogen-bond acceptors (Lipinski definition) is 4. The number of urea groups is 1. The summed E-state index contributed by atoms with van der Waals surface area (Å²) in [7, 11) is -3.53. The van der Waals surface area contributed by atoms with Crippen molar-refractivity contribution in [2.24, 2.45) is 0 Å². The summed E-state index contributed by atoms with van der Waals surface area (Å²) in [5.74, 6) is -0.484. The van der Waals surface area contributed by atoms with Crippen LogP contribution in [0.5, 0.6) is 0 Å². The molecule has 1 unspecified atom stereocenters. The van der Waals surface area contributed by atoms with E-state index in [0.29, 0.717) is 11.3 Å². The van der Waals surface area contributed by atoms with Gasteiger partial charge in [0.2, 0.25) is 0 Å². The van der Waals surface area contributed by atoms with Crippen molar-refractivity contribution in [2.75, 3.05) is 5.32 Å². The highest BCUT2D eigenvalue weighted by Gasteiger charge is 2.18. The Balaban J connectivity index is 1.39. The molecule has 3 N–H and O–H groups in total. The van der Waals surface area contributed by atoms with E-state index in [1.807, 2.05) is 18.2 Å². The maximum absolute atomic E-state index is 13.9. The van der Waals surface area contributed by atoms with E-state index in [-0.39, 0.29) is 10.6 Å². The van der Waals surface area contributed by atoms with Gasteiger partial charge in [-0.2, -0.15) is 0 Å². The highest BCUT2D eigenvalue weighted by molar-refractivity contribution is 7.90. The van der Waals surface area contributed by atoms with Crippen LogP contribution < -0.4 is 16.0 Å². The Morgan fingerprint density at radius 1 is 1.03 bits per heavy atom. The van der Waals surface area contributed by atoms with Crippen molar-refractivity contribution >= 4 is 21.6 Å². The zero-order valence-corrected chi connectivity index (χ0v) is 18.4. The molecule has 1 atom stereocenters. The first-order valence-electron chi connectivity index (χ1n) is 10.3. The highest BCUT2D eigenvalue weighted by Crippen LogP contribution is 2.23. The van der Waals surface area contributed by atoms with Crippen molar-refractivity contribution in [2.45, 2.75) is 36.7 Å². The number of hydrogen-bond donors (Lipinski definition) is 3. The average molecular weight is 454 g/mol. The molecular weight excluding hydrogens is 429 g/mol. The smallest absolute Gasteiger partial charge is 0.319 e. The monoisotopic (exact) mass is 453 g/mol. The van der Waals surface area contributed by atoms with Crippen molar-refractivity contribution in [3.63, 3.8) is 0 Å². The van der Waals surface area contributed by atoms with Gasteiger partial charge in [-0.25, -0.2) is 17.6 Å². The molecule has 0 bridgehead atoms. The molecule has 8 heteroatoms. The van der Waals surface area contributed by atoms with Crippen LogP contribution in [0.2, 0.25) is 0 Å². The standard InChI is InChI=1S/C24H24FN3O3S/c1-16(22-4-2-3-5-23(22)25)27-24(29)28-20-8-10-21(11-9-20)32(30,31)15-17-6-7-18-13-26-14-19(18)12-17/h2-12,16,26H,13-15H2,1H3,(H2,27,28,29). The number of amides is 2. The quantitative estimate of drug-likeness (QED) is 0.520. The molecular formula is C24H24FN3O3S. The molecule has 0 radical (unpaired) electrons. The van der Waals surface area contributed by atoms with Gasteiger partial charge in [-0.3, -0.25) is 0 Å². The third kappa shape index (κ3) is 4.98. The summed E-state index contributed by atoms with van der Waals surface area (Å²) < 4.78 is 39.5. The molecule has 3 aromatic carbocycles. The largest absolute Gasteiger partial charge is 0.331 e. The average Bonchev–Trinajstić information content (AvgIpc) is 3.22. The second-order valence-corrected chi connectivity index (χ2v) is 9.82. The van der Waals surface area contributed by atoms with Gasteiger partial charge in [0.05, 0.1) is 16.7 Å².